The summed E-state index contributed by atoms with van der Waals surface area (Å²) in [6.45, 7) is 0.218. The number of halogens is 1. The molecular formula is C24H25FN4O5. The third-order valence-electron chi connectivity index (χ3n) is 6.14. The molecule has 178 valence electrons. The number of benzene rings is 2. The van der Waals surface area contributed by atoms with Gasteiger partial charge in [-0.3, -0.25) is 4.79 Å². The highest BCUT2D eigenvalue weighted by Gasteiger charge is 2.53. The zero-order chi connectivity index (χ0) is 23.7. The molecule has 2 saturated heterocycles. The summed E-state index contributed by atoms with van der Waals surface area (Å²) in [5, 5.41) is 11.2. The summed E-state index contributed by atoms with van der Waals surface area (Å²) in [7, 11) is 3.05. The van der Waals surface area contributed by atoms with E-state index in [2.05, 4.69) is 15.6 Å². The maximum atomic E-state index is 13.8. The molecule has 0 saturated carbocycles. The van der Waals surface area contributed by atoms with Crippen LogP contribution in [0.2, 0.25) is 0 Å². The van der Waals surface area contributed by atoms with Gasteiger partial charge in [0.25, 0.3) is 5.91 Å². The molecule has 2 aliphatic rings. The van der Waals surface area contributed by atoms with Gasteiger partial charge in [0.1, 0.15) is 35.9 Å². The van der Waals surface area contributed by atoms with Crippen molar-refractivity contribution in [2.75, 3.05) is 20.8 Å². The van der Waals surface area contributed by atoms with Crippen LogP contribution in [0.4, 0.5) is 4.39 Å². The van der Waals surface area contributed by atoms with Gasteiger partial charge in [0.05, 0.1) is 12.8 Å². The number of methoxy groups -OCH3 is 1. The third-order valence-corrected chi connectivity index (χ3v) is 6.14. The van der Waals surface area contributed by atoms with Crippen molar-refractivity contribution in [2.24, 2.45) is 0 Å². The number of carbonyl (C=O) groups excluding carboxylic acids is 1. The first-order chi connectivity index (χ1) is 16.6. The van der Waals surface area contributed by atoms with Crippen molar-refractivity contribution in [3.63, 3.8) is 0 Å². The number of rotatable bonds is 5. The monoisotopic (exact) mass is 468 g/mol. The fourth-order valence-corrected chi connectivity index (χ4v) is 4.50. The van der Waals surface area contributed by atoms with Gasteiger partial charge in [0, 0.05) is 25.3 Å². The Bertz CT molecular complexity index is 1140. The minimum Gasteiger partial charge on any atom is -0.376 e. The first-order valence-corrected chi connectivity index (χ1v) is 11.0. The van der Waals surface area contributed by atoms with E-state index in [4.69, 9.17) is 18.9 Å². The fraction of sp³-hybridized carbons (Fsp3) is 0.375. The molecule has 3 aromatic rings. The maximum absolute atomic E-state index is 13.8. The summed E-state index contributed by atoms with van der Waals surface area (Å²) in [6.07, 6.45) is -1.65. The molecule has 34 heavy (non-hydrogen) atoms. The van der Waals surface area contributed by atoms with E-state index in [9.17, 15) is 9.18 Å². The zero-order valence-corrected chi connectivity index (χ0v) is 18.7. The highest BCUT2D eigenvalue weighted by atomic mass is 19.1. The molecule has 1 N–H and O–H groups in total. The zero-order valence-electron chi connectivity index (χ0n) is 18.7. The molecule has 9 nitrogen and oxygen atoms in total. The summed E-state index contributed by atoms with van der Waals surface area (Å²) < 4.78 is 39.5. The number of amides is 1. The number of likely N-dealkylation sites (N-methyl/N-ethyl adjacent to an activating group) is 1. The van der Waals surface area contributed by atoms with Gasteiger partial charge < -0.3 is 24.3 Å². The van der Waals surface area contributed by atoms with Gasteiger partial charge in [-0.1, -0.05) is 47.7 Å². The molecule has 0 spiro atoms. The van der Waals surface area contributed by atoms with Crippen molar-refractivity contribution in [1.29, 1.82) is 0 Å². The van der Waals surface area contributed by atoms with Gasteiger partial charge >= 0.3 is 0 Å². The molecule has 6 unspecified atom stereocenters. The summed E-state index contributed by atoms with van der Waals surface area (Å²) >= 11 is 0. The van der Waals surface area contributed by atoms with Crippen LogP contribution in [0.3, 0.4) is 0 Å². The van der Waals surface area contributed by atoms with Crippen LogP contribution in [-0.4, -0.2) is 66.1 Å². The van der Waals surface area contributed by atoms with Gasteiger partial charge in [-0.15, -0.1) is 5.10 Å². The third kappa shape index (κ3) is 4.21. The predicted molar refractivity (Wildman–Crippen MR) is 118 cm³/mol. The molecule has 1 aromatic heterocycles. The van der Waals surface area contributed by atoms with Crippen LogP contribution < -0.4 is 5.32 Å². The van der Waals surface area contributed by atoms with Crippen LogP contribution in [0.1, 0.15) is 17.9 Å². The van der Waals surface area contributed by atoms with E-state index >= 15 is 0 Å². The minimum absolute atomic E-state index is 0.218. The summed E-state index contributed by atoms with van der Waals surface area (Å²) in [4.78, 5) is 12.7. The lowest BCUT2D eigenvalue weighted by molar-refractivity contribution is -0.314. The summed E-state index contributed by atoms with van der Waals surface area (Å²) in [6, 6.07) is 15.1. The van der Waals surface area contributed by atoms with Gasteiger partial charge in [0.2, 0.25) is 0 Å². The van der Waals surface area contributed by atoms with Crippen LogP contribution in [0.15, 0.2) is 60.8 Å². The van der Waals surface area contributed by atoms with E-state index in [1.165, 1.54) is 26.3 Å². The molecule has 6 atom stereocenters. The van der Waals surface area contributed by atoms with Crippen molar-refractivity contribution < 1.29 is 28.1 Å². The Balaban J connectivity index is 1.52. The van der Waals surface area contributed by atoms with Gasteiger partial charge in [0.15, 0.2) is 12.4 Å². The number of ether oxygens (including phenoxy) is 4. The van der Waals surface area contributed by atoms with Gasteiger partial charge in [-0.25, -0.2) is 9.07 Å². The Morgan fingerprint density at radius 3 is 2.74 bits per heavy atom. The van der Waals surface area contributed by atoms with Gasteiger partial charge in [-0.2, -0.15) is 0 Å². The van der Waals surface area contributed by atoms with E-state index in [-0.39, 0.29) is 18.3 Å². The van der Waals surface area contributed by atoms with Crippen molar-refractivity contribution in [2.45, 2.75) is 36.7 Å². The minimum atomic E-state index is -0.913. The van der Waals surface area contributed by atoms with E-state index < -0.39 is 36.7 Å². The second-order valence-corrected chi connectivity index (χ2v) is 8.17. The molecule has 2 aromatic carbocycles. The Labute approximate surface area is 195 Å². The molecule has 2 fully saturated rings. The predicted octanol–water partition coefficient (Wildman–Crippen LogP) is 2.27. The largest absolute Gasteiger partial charge is 0.376 e. The van der Waals surface area contributed by atoms with Crippen LogP contribution in [0, 0.1) is 5.82 Å². The first kappa shape index (κ1) is 22.6. The van der Waals surface area contributed by atoms with E-state index in [0.29, 0.717) is 11.3 Å². The molecule has 0 radical (unpaired) electrons. The summed E-state index contributed by atoms with van der Waals surface area (Å²) in [5.41, 5.74) is 1.93. The number of carbonyl (C=O) groups is 1. The smallest absolute Gasteiger partial charge is 0.251 e. The Morgan fingerprint density at radius 2 is 2.00 bits per heavy atom. The quantitative estimate of drug-likeness (QED) is 0.614. The van der Waals surface area contributed by atoms with Crippen LogP contribution in [0.5, 0.6) is 0 Å². The fourth-order valence-electron chi connectivity index (χ4n) is 4.50. The van der Waals surface area contributed by atoms with Crippen LogP contribution >= 0.6 is 0 Å². The Kier molecular flexibility index (Phi) is 6.38. The standard InChI is InChI=1S/C24H25FN4O5/c1-26-23(30)22-21(31-2)19(29-12-17(27-28-29)15-9-6-10-16(25)11-15)20-18(33-22)13-32-24(34-20)14-7-4-3-5-8-14/h3-12,18-22,24H,13H2,1-2H3,(H,26,30). The second-order valence-electron chi connectivity index (χ2n) is 8.17. The first-order valence-electron chi connectivity index (χ1n) is 11.0. The summed E-state index contributed by atoms with van der Waals surface area (Å²) in [5.74, 6) is -0.697. The van der Waals surface area contributed by atoms with Gasteiger partial charge in [-0.05, 0) is 12.1 Å². The lowest BCUT2D eigenvalue weighted by Gasteiger charge is -2.48. The van der Waals surface area contributed by atoms with E-state index in [1.54, 1.807) is 23.0 Å². The van der Waals surface area contributed by atoms with Crippen molar-refractivity contribution in [1.82, 2.24) is 20.3 Å². The molecule has 0 aliphatic carbocycles. The molecule has 0 bridgehead atoms. The number of fused-ring (bicyclic) bond motifs is 1. The SMILES string of the molecule is CNC(=O)C1OC2COC(c3ccccc3)OC2C(n2cc(-c3cccc(F)c3)nn2)C1OC. The molecule has 1 amide bonds. The average molecular weight is 468 g/mol. The number of nitrogens with one attached hydrogen (secondary N) is 1. The molecule has 3 heterocycles. The van der Waals surface area contributed by atoms with E-state index in [1.807, 2.05) is 30.3 Å². The maximum Gasteiger partial charge on any atom is 0.251 e. The van der Waals surface area contributed by atoms with Crippen molar-refractivity contribution in [3.8, 4) is 11.3 Å². The molecule has 10 heteroatoms. The number of hydrogen-bond acceptors (Lipinski definition) is 7. The average Bonchev–Trinajstić information content (AvgIpc) is 3.37. The molecule has 5 rings (SSSR count). The highest BCUT2D eigenvalue weighted by molar-refractivity contribution is 5.81. The van der Waals surface area contributed by atoms with Crippen molar-refractivity contribution >= 4 is 5.91 Å². The van der Waals surface area contributed by atoms with Crippen LogP contribution in [0.25, 0.3) is 11.3 Å². The Morgan fingerprint density at radius 1 is 1.18 bits per heavy atom. The number of hydrogen-bond donors (Lipinski definition) is 1. The topological polar surface area (TPSA) is 96.7 Å². The van der Waals surface area contributed by atoms with Crippen LogP contribution in [-0.2, 0) is 23.7 Å². The number of nitrogens with zero attached hydrogens (tertiary/aromatic N) is 3. The molecular weight excluding hydrogens is 443 g/mol. The highest BCUT2D eigenvalue weighted by Crippen LogP contribution is 2.40. The van der Waals surface area contributed by atoms with E-state index in [0.717, 1.165) is 5.56 Å². The van der Waals surface area contributed by atoms with Crippen molar-refractivity contribution in [3.05, 3.63) is 72.2 Å². The molecule has 2 aliphatic heterocycles. The number of aromatic nitrogens is 3. The Hall–Kier alpha value is -3.18. The lowest BCUT2D eigenvalue weighted by Crippen LogP contribution is -2.62. The second kappa shape index (κ2) is 9.59. The lowest BCUT2D eigenvalue weighted by atomic mass is 9.91. The normalized spacial score (nSPS) is 28.8.